The Morgan fingerprint density at radius 3 is 1.36 bits per heavy atom. The van der Waals surface area contributed by atoms with Gasteiger partial charge in [-0.05, 0) is 92.5 Å². The van der Waals surface area contributed by atoms with E-state index in [0.717, 1.165) is 62.4 Å². The van der Waals surface area contributed by atoms with E-state index in [1.54, 1.807) is 36.5 Å². The number of halogens is 2. The number of rotatable bonds is 8. The van der Waals surface area contributed by atoms with Crippen molar-refractivity contribution in [3.8, 4) is 73.1 Å². The minimum Gasteiger partial charge on any atom is -0.477 e. The fourth-order valence-corrected chi connectivity index (χ4v) is 9.25. The molecular weight excluding hydrogens is 1210 g/mol. The minimum absolute atomic E-state index is 0. The Morgan fingerprint density at radius 2 is 0.916 bits per heavy atom. The number of fused-ring (bicyclic) bond motifs is 3. The van der Waals surface area contributed by atoms with E-state index in [9.17, 15) is 13.6 Å². The zero-order chi connectivity index (χ0) is 56.8. The van der Waals surface area contributed by atoms with Gasteiger partial charge in [-0.15, -0.1) is 22.3 Å². The molecule has 0 atom stereocenters. The van der Waals surface area contributed by atoms with Gasteiger partial charge in [-0.25, -0.2) is 9.78 Å². The van der Waals surface area contributed by atoms with Crippen LogP contribution in [0.1, 0.15) is 36.8 Å². The first-order valence-electron chi connectivity index (χ1n) is 26.5. The first kappa shape index (κ1) is 57.7. The molecule has 5 aromatic heterocycles. The number of aromatic nitrogens is 7. The zero-order valence-corrected chi connectivity index (χ0v) is 47.9. The van der Waals surface area contributed by atoms with Crippen molar-refractivity contribution >= 4 is 27.8 Å². The van der Waals surface area contributed by atoms with Gasteiger partial charge in [0, 0.05) is 84.1 Å². The fourth-order valence-electron chi connectivity index (χ4n) is 9.25. The van der Waals surface area contributed by atoms with E-state index in [0.29, 0.717) is 5.69 Å². The fraction of sp³-hybridized carbons (Fsp3) is 0.0563. The van der Waals surface area contributed by atoms with Crippen LogP contribution in [0.3, 0.4) is 0 Å². The normalized spacial score (nSPS) is 10.7. The number of hydrogen-bond donors (Lipinski definition) is 1. The summed E-state index contributed by atoms with van der Waals surface area (Å²) in [6.07, 6.45) is 6.75. The Bertz CT molecular complexity index is 4120. The Labute approximate surface area is 494 Å². The van der Waals surface area contributed by atoms with Crippen molar-refractivity contribution in [2.24, 2.45) is 0 Å². The van der Waals surface area contributed by atoms with E-state index in [1.807, 2.05) is 48.8 Å². The quantitative estimate of drug-likeness (QED) is 0.118. The first-order valence-corrected chi connectivity index (χ1v) is 26.5. The van der Waals surface area contributed by atoms with Crippen LogP contribution in [0.4, 0.5) is 8.78 Å². The second-order valence-corrected chi connectivity index (χ2v) is 19.9. The van der Waals surface area contributed by atoms with Crippen LogP contribution in [0.5, 0.6) is 0 Å². The maximum atomic E-state index is 13.2. The molecule has 0 amide bonds. The van der Waals surface area contributed by atoms with Crippen molar-refractivity contribution in [2.75, 3.05) is 0 Å². The summed E-state index contributed by atoms with van der Waals surface area (Å²) in [5, 5.41) is 19.8. The van der Waals surface area contributed by atoms with Crippen LogP contribution in [0.2, 0.25) is 0 Å². The van der Waals surface area contributed by atoms with Crippen molar-refractivity contribution in [1.29, 1.82) is 0 Å². The molecule has 5 heterocycles. The topological polar surface area (TPSA) is 120 Å². The van der Waals surface area contributed by atoms with Crippen molar-refractivity contribution in [3.05, 3.63) is 296 Å². The summed E-state index contributed by atoms with van der Waals surface area (Å²) in [7, 11) is 0. The summed E-state index contributed by atoms with van der Waals surface area (Å²) in [6, 6.07) is 81.6. The molecule has 13 aromatic rings. The largest absolute Gasteiger partial charge is 0.477 e. The average molecular weight is 1270 g/mol. The van der Waals surface area contributed by atoms with Gasteiger partial charge in [0.25, 0.3) is 0 Å². The Morgan fingerprint density at radius 1 is 0.470 bits per heavy atom. The molecule has 0 unspecified atom stereocenters. The van der Waals surface area contributed by atoms with Crippen LogP contribution in [-0.2, 0) is 25.5 Å². The number of carboxylic acid groups (broad SMARTS) is 1. The number of hydrogen-bond acceptors (Lipinski definition) is 7. The van der Waals surface area contributed by atoms with Gasteiger partial charge in [0.1, 0.15) is 5.69 Å². The van der Waals surface area contributed by atoms with Gasteiger partial charge in [-0.2, -0.15) is 0 Å². The van der Waals surface area contributed by atoms with Gasteiger partial charge in [-0.3, -0.25) is 23.3 Å². The maximum Gasteiger partial charge on any atom is 0.354 e. The van der Waals surface area contributed by atoms with Crippen LogP contribution >= 0.6 is 0 Å². The van der Waals surface area contributed by atoms with E-state index >= 15 is 0 Å². The van der Waals surface area contributed by atoms with Gasteiger partial charge in [0.15, 0.2) is 11.6 Å². The smallest absolute Gasteiger partial charge is 0.354 e. The molecule has 0 saturated carbocycles. The number of aromatic carboxylic acids is 1. The molecule has 409 valence electrons. The van der Waals surface area contributed by atoms with E-state index in [1.165, 1.54) is 51.2 Å². The summed E-state index contributed by atoms with van der Waals surface area (Å²) in [4.78, 5) is 27.0. The Balaban J connectivity index is 0.000000146. The van der Waals surface area contributed by atoms with Crippen LogP contribution in [0.15, 0.2) is 267 Å². The molecule has 83 heavy (non-hydrogen) atoms. The second kappa shape index (κ2) is 27.0. The molecule has 9 nitrogen and oxygen atoms in total. The van der Waals surface area contributed by atoms with Crippen molar-refractivity contribution in [3.63, 3.8) is 0 Å². The number of carboxylic acids is 1. The molecular formula is C71H54F2IrN7O2-. The van der Waals surface area contributed by atoms with Crippen LogP contribution in [-0.4, -0.2) is 45.8 Å². The van der Waals surface area contributed by atoms with E-state index in [2.05, 4.69) is 219 Å². The summed E-state index contributed by atoms with van der Waals surface area (Å²) in [5.41, 5.74) is 14.3. The first-order chi connectivity index (χ1) is 40.0. The van der Waals surface area contributed by atoms with E-state index in [-0.39, 0.29) is 36.8 Å². The third-order valence-corrected chi connectivity index (χ3v) is 13.4. The van der Waals surface area contributed by atoms with Crippen molar-refractivity contribution in [1.82, 2.24) is 34.7 Å². The van der Waals surface area contributed by atoms with E-state index in [4.69, 9.17) is 5.11 Å². The molecule has 0 fully saturated rings. The predicted octanol–water partition coefficient (Wildman–Crippen LogP) is 17.3. The third-order valence-electron chi connectivity index (χ3n) is 13.4. The zero-order valence-electron chi connectivity index (χ0n) is 45.5. The maximum absolute atomic E-state index is 13.2. The number of benzene rings is 8. The second-order valence-electron chi connectivity index (χ2n) is 19.9. The van der Waals surface area contributed by atoms with Gasteiger partial charge in [-0.1, -0.05) is 220 Å². The average Bonchev–Trinajstić information content (AvgIpc) is 3.72. The number of para-hydroxylation sites is 1. The summed E-state index contributed by atoms with van der Waals surface area (Å²) in [5.74, 6) is -0.610. The molecule has 1 N–H and O–H groups in total. The number of carbonyl (C=O) groups is 1. The van der Waals surface area contributed by atoms with Crippen LogP contribution in [0.25, 0.3) is 94.9 Å². The Hall–Kier alpha value is -10.0. The van der Waals surface area contributed by atoms with Gasteiger partial charge < -0.3 is 10.1 Å². The van der Waals surface area contributed by atoms with Crippen molar-refractivity contribution < 1.29 is 38.8 Å². The molecule has 1 radical (unpaired) electrons. The third kappa shape index (κ3) is 14.0. The molecule has 8 aromatic carbocycles. The predicted molar refractivity (Wildman–Crippen MR) is 324 cm³/mol. The molecule has 0 saturated heterocycles. The monoisotopic (exact) mass is 1270 g/mol. The summed E-state index contributed by atoms with van der Waals surface area (Å²) < 4.78 is 27.9. The SMILES string of the molecule is CC(C)(C)c1ccc(-c2nnc(-c3ccc(-c4ccccc4)cc3)n2-c2ccccc2)cc1.Fc1c[c-]c(-c2ccccn2)c(F)c1.O=C(O)c1ccccn1.[Ir].c1ccc(-c2ccnc3c2ccc2c(-c4ccccc4)ccnc23)cc1. The molecule has 12 heteroatoms. The molecule has 0 aliphatic rings. The van der Waals surface area contributed by atoms with Gasteiger partial charge >= 0.3 is 5.97 Å². The van der Waals surface area contributed by atoms with Gasteiger partial charge in [0.05, 0.1) is 11.0 Å². The molecule has 0 bridgehead atoms. The number of nitrogens with zero attached hydrogens (tertiary/aromatic N) is 7. The molecule has 13 rings (SSSR count). The summed E-state index contributed by atoms with van der Waals surface area (Å²) >= 11 is 0. The molecule has 0 aliphatic heterocycles. The van der Waals surface area contributed by atoms with Crippen LogP contribution in [0, 0.1) is 17.7 Å². The molecule has 0 aliphatic carbocycles. The van der Waals surface area contributed by atoms with Crippen LogP contribution < -0.4 is 0 Å². The standard InChI is InChI=1S/C30H27N3.C24H16N2.C11H6F2N.C6H5NO2.Ir/c1-30(2,3)26-20-18-25(19-21-26)29-32-31-28(33(29)27-12-8-5-9-13-27)24-16-14-23(15-17-24)22-10-6-4-7-11-22;1-3-7-17(8-4-1)19-13-15-25-23-21(19)11-12-22-20(14-16-26-24(22)23)18-9-5-2-6-10-18;12-8-4-5-9(10(13)7-8)11-3-1-2-6-14-11;8-6(9)5-3-1-2-4-7-5;/h4-21H,1-3H3;1-16H;1-4,6-7H;1-4H,(H,8,9);/q;;-1;;. The number of pyridine rings is 4. The van der Waals surface area contributed by atoms with E-state index < -0.39 is 17.6 Å². The van der Waals surface area contributed by atoms with Crippen molar-refractivity contribution in [2.45, 2.75) is 26.2 Å². The summed E-state index contributed by atoms with van der Waals surface area (Å²) in [6.45, 7) is 6.68. The molecule has 0 spiro atoms. The minimum atomic E-state index is -0.990. The van der Waals surface area contributed by atoms with Gasteiger partial charge in [0.2, 0.25) is 0 Å². The Kier molecular flexibility index (Phi) is 18.7.